The van der Waals surface area contributed by atoms with Gasteiger partial charge in [-0.15, -0.1) is 0 Å². The van der Waals surface area contributed by atoms with Gasteiger partial charge in [0.25, 0.3) is 0 Å². The first-order valence-corrected chi connectivity index (χ1v) is 5.28. The zero-order valence-corrected chi connectivity index (χ0v) is 9.25. The maximum Gasteiger partial charge on any atom is 0.225 e. The Morgan fingerprint density at radius 1 is 1.50 bits per heavy atom. The second-order valence-corrected chi connectivity index (χ2v) is 3.86. The molecule has 1 aromatic carbocycles. The molecule has 0 spiro atoms. The second-order valence-electron chi connectivity index (χ2n) is 3.05. The summed E-state index contributed by atoms with van der Waals surface area (Å²) in [6.07, 6.45) is 0.511. The molecular formula is C11H8FNO2S. The Hall–Kier alpha value is -1.75. The molecule has 0 saturated carbocycles. The molecule has 5 heteroatoms. The highest BCUT2D eigenvalue weighted by Gasteiger charge is 2.12. The van der Waals surface area contributed by atoms with Crippen LogP contribution in [-0.4, -0.2) is 17.8 Å². The van der Waals surface area contributed by atoms with Crippen LogP contribution in [0.3, 0.4) is 0 Å². The third-order valence-electron chi connectivity index (χ3n) is 2.13. The minimum atomic E-state index is -0.528. The molecule has 2 aromatic rings. The number of carbonyl (C=O) groups excluding carboxylic acids is 1. The van der Waals surface area contributed by atoms with Gasteiger partial charge < -0.3 is 4.74 Å². The summed E-state index contributed by atoms with van der Waals surface area (Å²) >= 11 is 1.16. The average Bonchev–Trinajstić information content (AvgIpc) is 2.77. The van der Waals surface area contributed by atoms with E-state index in [0.29, 0.717) is 22.6 Å². The van der Waals surface area contributed by atoms with Gasteiger partial charge in [0.1, 0.15) is 5.82 Å². The number of aldehydes is 1. The van der Waals surface area contributed by atoms with Crippen LogP contribution in [-0.2, 0) is 0 Å². The van der Waals surface area contributed by atoms with E-state index in [0.717, 1.165) is 11.5 Å². The highest BCUT2D eigenvalue weighted by Crippen LogP contribution is 2.30. The van der Waals surface area contributed by atoms with Crippen LogP contribution in [0.5, 0.6) is 5.88 Å². The van der Waals surface area contributed by atoms with Crippen LogP contribution in [0.15, 0.2) is 24.3 Å². The molecule has 3 nitrogen and oxygen atoms in total. The normalized spacial score (nSPS) is 10.1. The SMILES string of the molecule is COc1cc(-c2cccc(F)c2C=O)sn1. The molecule has 0 atom stereocenters. The number of carbonyl (C=O) groups is 1. The average molecular weight is 237 g/mol. The van der Waals surface area contributed by atoms with Crippen LogP contribution in [0.2, 0.25) is 0 Å². The maximum atomic E-state index is 13.3. The first-order chi connectivity index (χ1) is 7.76. The number of nitrogens with zero attached hydrogens (tertiary/aromatic N) is 1. The number of aromatic nitrogens is 1. The van der Waals surface area contributed by atoms with Gasteiger partial charge in [-0.25, -0.2) is 4.39 Å². The molecule has 0 unspecified atom stereocenters. The van der Waals surface area contributed by atoms with Crippen molar-refractivity contribution in [3.8, 4) is 16.3 Å². The van der Waals surface area contributed by atoms with Crippen molar-refractivity contribution in [3.05, 3.63) is 35.6 Å². The van der Waals surface area contributed by atoms with E-state index >= 15 is 0 Å². The van der Waals surface area contributed by atoms with Crippen molar-refractivity contribution in [2.75, 3.05) is 7.11 Å². The van der Waals surface area contributed by atoms with Gasteiger partial charge in [-0.1, -0.05) is 12.1 Å². The molecule has 0 aliphatic carbocycles. The van der Waals surface area contributed by atoms with E-state index in [1.54, 1.807) is 18.2 Å². The first kappa shape index (κ1) is 10.8. The number of benzene rings is 1. The van der Waals surface area contributed by atoms with E-state index in [4.69, 9.17) is 4.74 Å². The molecule has 1 aromatic heterocycles. The van der Waals surface area contributed by atoms with Crippen LogP contribution in [0.4, 0.5) is 4.39 Å². The van der Waals surface area contributed by atoms with Gasteiger partial charge >= 0.3 is 0 Å². The van der Waals surface area contributed by atoms with Crippen molar-refractivity contribution >= 4 is 17.8 Å². The van der Waals surface area contributed by atoms with Crippen molar-refractivity contribution in [1.29, 1.82) is 0 Å². The molecule has 0 amide bonds. The van der Waals surface area contributed by atoms with E-state index < -0.39 is 5.82 Å². The van der Waals surface area contributed by atoms with Crippen molar-refractivity contribution in [3.63, 3.8) is 0 Å². The minimum Gasteiger partial charge on any atom is -0.480 e. The highest BCUT2D eigenvalue weighted by atomic mass is 32.1. The Morgan fingerprint density at radius 2 is 2.31 bits per heavy atom. The molecule has 0 aliphatic rings. The Balaban J connectivity index is 2.54. The molecule has 2 rings (SSSR count). The van der Waals surface area contributed by atoms with Gasteiger partial charge in [0.2, 0.25) is 5.88 Å². The summed E-state index contributed by atoms with van der Waals surface area (Å²) < 4.78 is 22.3. The van der Waals surface area contributed by atoms with Gasteiger partial charge in [0, 0.05) is 11.6 Å². The largest absolute Gasteiger partial charge is 0.480 e. The topological polar surface area (TPSA) is 39.2 Å². The smallest absolute Gasteiger partial charge is 0.225 e. The number of halogens is 1. The van der Waals surface area contributed by atoms with Crippen molar-refractivity contribution in [2.45, 2.75) is 0 Å². The zero-order valence-electron chi connectivity index (χ0n) is 8.44. The highest BCUT2D eigenvalue weighted by molar-refractivity contribution is 7.09. The lowest BCUT2D eigenvalue weighted by molar-refractivity contribution is 0.112. The molecule has 0 N–H and O–H groups in total. The van der Waals surface area contributed by atoms with Crippen molar-refractivity contribution < 1.29 is 13.9 Å². The monoisotopic (exact) mass is 237 g/mol. The molecular weight excluding hydrogens is 229 g/mol. The van der Waals surface area contributed by atoms with Crippen molar-refractivity contribution in [1.82, 2.24) is 4.37 Å². The lowest BCUT2D eigenvalue weighted by Gasteiger charge is -2.01. The van der Waals surface area contributed by atoms with Crippen LogP contribution >= 0.6 is 11.5 Å². The molecule has 0 aliphatic heterocycles. The summed E-state index contributed by atoms with van der Waals surface area (Å²) in [6, 6.07) is 6.17. The minimum absolute atomic E-state index is 0.0498. The predicted molar refractivity (Wildman–Crippen MR) is 59.4 cm³/mol. The van der Waals surface area contributed by atoms with Crippen LogP contribution in [0.1, 0.15) is 10.4 Å². The molecule has 0 fully saturated rings. The van der Waals surface area contributed by atoms with E-state index in [9.17, 15) is 9.18 Å². The Bertz CT molecular complexity index is 524. The summed E-state index contributed by atoms with van der Waals surface area (Å²) in [5, 5.41) is 0. The van der Waals surface area contributed by atoms with E-state index in [1.807, 2.05) is 0 Å². The van der Waals surface area contributed by atoms with Gasteiger partial charge in [-0.2, -0.15) is 4.37 Å². The van der Waals surface area contributed by atoms with E-state index in [-0.39, 0.29) is 5.56 Å². The number of hydrogen-bond donors (Lipinski definition) is 0. The third-order valence-corrected chi connectivity index (χ3v) is 2.94. The van der Waals surface area contributed by atoms with E-state index in [1.165, 1.54) is 13.2 Å². The fourth-order valence-corrected chi connectivity index (χ4v) is 2.10. The summed E-state index contributed by atoms with van der Waals surface area (Å²) in [5.41, 5.74) is 0.588. The van der Waals surface area contributed by atoms with Crippen LogP contribution in [0.25, 0.3) is 10.4 Å². The Morgan fingerprint density at radius 3 is 2.94 bits per heavy atom. The fourth-order valence-electron chi connectivity index (χ4n) is 1.35. The quantitative estimate of drug-likeness (QED) is 0.770. The fraction of sp³-hybridized carbons (Fsp3) is 0.0909. The van der Waals surface area contributed by atoms with Gasteiger partial charge in [-0.05, 0) is 17.6 Å². The first-order valence-electron chi connectivity index (χ1n) is 4.51. The Labute approximate surface area is 95.7 Å². The Kier molecular flexibility index (Phi) is 2.96. The van der Waals surface area contributed by atoms with Crippen molar-refractivity contribution in [2.24, 2.45) is 0 Å². The number of ether oxygens (including phenoxy) is 1. The van der Waals surface area contributed by atoms with E-state index in [2.05, 4.69) is 4.37 Å². The van der Waals surface area contributed by atoms with Gasteiger partial charge in [-0.3, -0.25) is 4.79 Å². The number of methoxy groups -OCH3 is 1. The maximum absolute atomic E-state index is 13.3. The lowest BCUT2D eigenvalue weighted by Crippen LogP contribution is -1.90. The molecule has 1 heterocycles. The summed E-state index contributed by atoms with van der Waals surface area (Å²) in [6.45, 7) is 0. The molecule has 0 bridgehead atoms. The standard InChI is InChI=1S/C11H8FNO2S/c1-15-11-5-10(16-13-11)7-3-2-4-9(12)8(7)6-14/h2-6H,1H3. The second kappa shape index (κ2) is 4.40. The number of rotatable bonds is 3. The lowest BCUT2D eigenvalue weighted by atomic mass is 10.1. The summed E-state index contributed by atoms with van der Waals surface area (Å²) in [4.78, 5) is 11.5. The zero-order chi connectivity index (χ0) is 11.5. The molecule has 82 valence electrons. The number of hydrogen-bond acceptors (Lipinski definition) is 4. The molecule has 0 saturated heterocycles. The molecule has 0 radical (unpaired) electrons. The molecule has 16 heavy (non-hydrogen) atoms. The van der Waals surface area contributed by atoms with Crippen LogP contribution in [0, 0.1) is 5.82 Å². The summed E-state index contributed by atoms with van der Waals surface area (Å²) in [7, 11) is 1.51. The van der Waals surface area contributed by atoms with Gasteiger partial charge in [0.15, 0.2) is 6.29 Å². The predicted octanol–water partition coefficient (Wildman–Crippen LogP) is 2.77. The van der Waals surface area contributed by atoms with Crippen LogP contribution < -0.4 is 4.74 Å². The van der Waals surface area contributed by atoms with Gasteiger partial charge in [0.05, 0.1) is 17.6 Å². The third kappa shape index (κ3) is 1.81. The summed E-state index contributed by atoms with van der Waals surface area (Å²) in [5.74, 6) is -0.0685.